The van der Waals surface area contributed by atoms with Gasteiger partial charge in [0.15, 0.2) is 0 Å². The van der Waals surface area contributed by atoms with Gasteiger partial charge in [-0.15, -0.1) is 0 Å². The highest BCUT2D eigenvalue weighted by atomic mass is 19.3. The first-order valence-electron chi connectivity index (χ1n) is 5.67. The predicted octanol–water partition coefficient (Wildman–Crippen LogP) is 2.66. The summed E-state index contributed by atoms with van der Waals surface area (Å²) >= 11 is 0. The molecule has 3 aliphatic rings. The van der Waals surface area contributed by atoms with Crippen molar-refractivity contribution in [3.05, 3.63) is 0 Å². The highest BCUT2D eigenvalue weighted by molar-refractivity contribution is 5.21. The van der Waals surface area contributed by atoms with Gasteiger partial charge in [-0.3, -0.25) is 4.90 Å². The predicted molar refractivity (Wildman–Crippen MR) is 50.4 cm³/mol. The number of alkyl halides is 2. The molecule has 1 nitrogen and oxygen atoms in total. The van der Waals surface area contributed by atoms with Gasteiger partial charge in [0.2, 0.25) is 0 Å². The fourth-order valence-corrected chi connectivity index (χ4v) is 3.76. The monoisotopic (exact) mass is 201 g/mol. The Morgan fingerprint density at radius 2 is 2.00 bits per heavy atom. The number of hydrogen-bond donors (Lipinski definition) is 0. The van der Waals surface area contributed by atoms with Gasteiger partial charge in [0.05, 0.1) is 5.41 Å². The Balaban J connectivity index is 1.87. The van der Waals surface area contributed by atoms with E-state index in [4.69, 9.17) is 0 Å². The first-order chi connectivity index (χ1) is 6.54. The minimum atomic E-state index is -2.35. The second-order valence-electron chi connectivity index (χ2n) is 5.44. The van der Waals surface area contributed by atoms with Gasteiger partial charge in [-0.2, -0.15) is 0 Å². The van der Waals surface area contributed by atoms with Gasteiger partial charge in [0, 0.05) is 18.5 Å². The quantitative estimate of drug-likeness (QED) is 0.630. The van der Waals surface area contributed by atoms with Crippen LogP contribution in [0.25, 0.3) is 0 Å². The van der Waals surface area contributed by atoms with Crippen LogP contribution >= 0.6 is 0 Å². The molecule has 1 aliphatic carbocycles. The molecule has 0 aromatic heterocycles. The summed E-state index contributed by atoms with van der Waals surface area (Å²) in [4.78, 5) is 2.34. The first-order valence-corrected chi connectivity index (χ1v) is 5.67. The third kappa shape index (κ3) is 0.873. The third-order valence-electron chi connectivity index (χ3n) is 4.77. The molecule has 0 N–H and O–H groups in total. The molecule has 2 heterocycles. The molecule has 3 fully saturated rings. The molecule has 1 saturated carbocycles. The summed E-state index contributed by atoms with van der Waals surface area (Å²) in [6, 6.07) is 0. The fourth-order valence-electron chi connectivity index (χ4n) is 3.76. The molecule has 0 aromatic carbocycles. The van der Waals surface area contributed by atoms with E-state index in [-0.39, 0.29) is 12.0 Å². The average molecular weight is 201 g/mol. The van der Waals surface area contributed by atoms with E-state index in [2.05, 4.69) is 11.8 Å². The van der Waals surface area contributed by atoms with Crippen molar-refractivity contribution in [3.63, 3.8) is 0 Å². The average Bonchev–Trinajstić information content (AvgIpc) is 2.47. The summed E-state index contributed by atoms with van der Waals surface area (Å²) in [5, 5.41) is 0. The van der Waals surface area contributed by atoms with Crippen LogP contribution in [0.4, 0.5) is 8.78 Å². The molecule has 1 spiro atoms. The van der Waals surface area contributed by atoms with Gasteiger partial charge in [-0.05, 0) is 32.2 Å². The summed E-state index contributed by atoms with van der Waals surface area (Å²) in [7, 11) is 0. The lowest BCUT2D eigenvalue weighted by molar-refractivity contribution is 0.0656. The zero-order valence-corrected chi connectivity index (χ0v) is 8.65. The highest BCUT2D eigenvalue weighted by Gasteiger charge is 2.76. The normalized spacial score (nSPS) is 49.9. The van der Waals surface area contributed by atoms with Crippen LogP contribution in [0.5, 0.6) is 0 Å². The van der Waals surface area contributed by atoms with Crippen molar-refractivity contribution in [3.8, 4) is 0 Å². The summed E-state index contributed by atoms with van der Waals surface area (Å²) in [5.41, 5.74) is -0.455. The molecular formula is C11H17F2N. The van der Waals surface area contributed by atoms with Crippen LogP contribution in [0.3, 0.4) is 0 Å². The van der Waals surface area contributed by atoms with Crippen molar-refractivity contribution in [2.75, 3.05) is 13.1 Å². The van der Waals surface area contributed by atoms with Crippen LogP contribution in [-0.4, -0.2) is 29.5 Å². The van der Waals surface area contributed by atoms with Crippen LogP contribution in [0.15, 0.2) is 0 Å². The Kier molecular flexibility index (Phi) is 1.50. The van der Waals surface area contributed by atoms with Crippen LogP contribution in [-0.2, 0) is 0 Å². The number of rotatable bonds is 1. The Hall–Kier alpha value is -0.180. The minimum absolute atomic E-state index is 0.151. The van der Waals surface area contributed by atoms with Gasteiger partial charge < -0.3 is 0 Å². The summed E-state index contributed by atoms with van der Waals surface area (Å²) in [5.74, 6) is -2.35. The molecule has 3 heteroatoms. The number of nitrogens with zero attached hydrogens (tertiary/aromatic N) is 1. The van der Waals surface area contributed by atoms with E-state index in [0.717, 1.165) is 25.8 Å². The molecule has 2 atom stereocenters. The van der Waals surface area contributed by atoms with Crippen molar-refractivity contribution in [2.24, 2.45) is 5.41 Å². The maximum atomic E-state index is 13.3. The van der Waals surface area contributed by atoms with Crippen molar-refractivity contribution >= 4 is 0 Å². The summed E-state index contributed by atoms with van der Waals surface area (Å²) in [6.07, 6.45) is 4.30. The van der Waals surface area contributed by atoms with E-state index in [0.29, 0.717) is 6.54 Å². The van der Waals surface area contributed by atoms with Crippen LogP contribution in [0.1, 0.15) is 39.0 Å². The van der Waals surface area contributed by atoms with Crippen molar-refractivity contribution in [2.45, 2.75) is 50.5 Å². The van der Waals surface area contributed by atoms with E-state index < -0.39 is 11.3 Å². The first kappa shape index (κ1) is 9.08. The topological polar surface area (TPSA) is 3.24 Å². The molecule has 14 heavy (non-hydrogen) atoms. The number of fused-ring (bicyclic) bond motifs is 1. The van der Waals surface area contributed by atoms with Gasteiger partial charge in [-0.25, -0.2) is 8.78 Å². The number of hydrogen-bond acceptors (Lipinski definition) is 1. The van der Waals surface area contributed by atoms with Crippen molar-refractivity contribution < 1.29 is 8.78 Å². The van der Waals surface area contributed by atoms with Crippen LogP contribution in [0, 0.1) is 5.41 Å². The van der Waals surface area contributed by atoms with Crippen molar-refractivity contribution in [1.82, 2.24) is 4.90 Å². The Bertz CT molecular complexity index is 278. The largest absolute Gasteiger partial charge is 0.297 e. The van der Waals surface area contributed by atoms with E-state index in [1.54, 1.807) is 0 Å². The summed E-state index contributed by atoms with van der Waals surface area (Å²) in [6.45, 7) is 3.86. The lowest BCUT2D eigenvalue weighted by Gasteiger charge is -2.30. The van der Waals surface area contributed by atoms with E-state index in [1.165, 1.54) is 6.42 Å². The highest BCUT2D eigenvalue weighted by Crippen LogP contribution is 2.69. The number of halogens is 2. The zero-order valence-electron chi connectivity index (χ0n) is 8.65. The Morgan fingerprint density at radius 1 is 1.29 bits per heavy atom. The maximum Gasteiger partial charge on any atom is 0.255 e. The van der Waals surface area contributed by atoms with Gasteiger partial charge in [-0.1, -0.05) is 6.92 Å². The second-order valence-corrected chi connectivity index (χ2v) is 5.44. The SMILES string of the molecule is CCC12CCCN1CC1(C2)CC1(F)F. The molecule has 2 aliphatic heterocycles. The van der Waals surface area contributed by atoms with Gasteiger partial charge >= 0.3 is 0 Å². The Labute approximate surface area is 83.5 Å². The lowest BCUT2D eigenvalue weighted by atomic mass is 9.86. The standard InChI is InChI=1S/C11H17F2N/c1-2-10-4-3-5-14(10)8-9(6-10)7-11(9,12)13/h2-8H2,1H3. The van der Waals surface area contributed by atoms with E-state index in [9.17, 15) is 8.78 Å². The molecule has 80 valence electrons. The van der Waals surface area contributed by atoms with Crippen molar-refractivity contribution in [1.29, 1.82) is 0 Å². The molecular weight excluding hydrogens is 184 g/mol. The van der Waals surface area contributed by atoms with Gasteiger partial charge in [0.25, 0.3) is 5.92 Å². The molecule has 0 amide bonds. The molecule has 2 saturated heterocycles. The van der Waals surface area contributed by atoms with E-state index in [1.807, 2.05) is 0 Å². The fraction of sp³-hybridized carbons (Fsp3) is 1.00. The molecule has 0 bridgehead atoms. The smallest absolute Gasteiger partial charge is 0.255 e. The minimum Gasteiger partial charge on any atom is -0.297 e. The maximum absolute atomic E-state index is 13.3. The third-order valence-corrected chi connectivity index (χ3v) is 4.77. The second kappa shape index (κ2) is 2.31. The lowest BCUT2D eigenvalue weighted by Crippen LogP contribution is -2.37. The molecule has 0 radical (unpaired) electrons. The summed E-state index contributed by atoms with van der Waals surface area (Å²) < 4.78 is 26.6. The van der Waals surface area contributed by atoms with Gasteiger partial charge in [0.1, 0.15) is 0 Å². The van der Waals surface area contributed by atoms with E-state index >= 15 is 0 Å². The molecule has 3 rings (SSSR count). The van der Waals surface area contributed by atoms with Crippen LogP contribution < -0.4 is 0 Å². The molecule has 2 unspecified atom stereocenters. The van der Waals surface area contributed by atoms with Crippen LogP contribution in [0.2, 0.25) is 0 Å². The Morgan fingerprint density at radius 3 is 2.50 bits per heavy atom. The molecule has 0 aromatic rings. The zero-order chi connectivity index (χ0) is 10.0.